The summed E-state index contributed by atoms with van der Waals surface area (Å²) in [5, 5.41) is 17.0. The molecule has 5 heteroatoms. The Hall–Kier alpha value is -0.260. The van der Waals surface area contributed by atoms with Crippen LogP contribution in [0.3, 0.4) is 0 Å². The zero-order chi connectivity index (χ0) is 10.8. The van der Waals surface area contributed by atoms with Gasteiger partial charge in [0.25, 0.3) is 0 Å². The van der Waals surface area contributed by atoms with Crippen LogP contribution in [0.15, 0.2) is 0 Å². The third-order valence-electron chi connectivity index (χ3n) is 1.81. The van der Waals surface area contributed by atoms with Crippen LogP contribution in [0.1, 0.15) is 25.7 Å². The second-order valence-corrected chi connectivity index (χ2v) is 4.31. The van der Waals surface area contributed by atoms with Crippen molar-refractivity contribution in [3.05, 3.63) is 0 Å². The van der Waals surface area contributed by atoms with Gasteiger partial charge in [-0.05, 0) is 18.6 Å². The summed E-state index contributed by atoms with van der Waals surface area (Å²) in [6, 6.07) is -0.738. The fraction of sp³-hybridized carbons (Fsp3) is 0.889. The molecule has 0 aromatic carbocycles. The number of hydrogen-bond donors (Lipinski definition) is 3. The number of nitrogens with two attached hydrogens (primary N) is 1. The third-order valence-corrected chi connectivity index (χ3v) is 2.98. The molecule has 0 saturated carbocycles. The molecule has 0 radical (unpaired) electrons. The highest BCUT2D eigenvalue weighted by molar-refractivity contribution is 7.99. The van der Waals surface area contributed by atoms with Gasteiger partial charge in [0, 0.05) is 12.4 Å². The van der Waals surface area contributed by atoms with Crippen molar-refractivity contribution in [2.75, 3.05) is 18.1 Å². The van der Waals surface area contributed by atoms with Crippen molar-refractivity contribution in [3.63, 3.8) is 0 Å². The second-order valence-electron chi connectivity index (χ2n) is 3.16. The number of aliphatic hydroxyl groups excluding tert-OH is 1. The van der Waals surface area contributed by atoms with Crippen LogP contribution in [0.25, 0.3) is 0 Å². The molecule has 14 heavy (non-hydrogen) atoms. The lowest BCUT2D eigenvalue weighted by molar-refractivity contribution is -0.137. The summed E-state index contributed by atoms with van der Waals surface area (Å²) >= 11 is 1.58. The van der Waals surface area contributed by atoms with Crippen molar-refractivity contribution in [1.29, 1.82) is 0 Å². The number of carbonyl (C=O) groups is 1. The molecule has 0 aromatic heterocycles. The number of unbranched alkanes of at least 4 members (excludes halogenated alkanes) is 3. The molecule has 0 saturated heterocycles. The van der Waals surface area contributed by atoms with E-state index in [2.05, 4.69) is 0 Å². The molecule has 0 aliphatic rings. The van der Waals surface area contributed by atoms with Crippen LogP contribution < -0.4 is 5.73 Å². The fourth-order valence-electron chi connectivity index (χ4n) is 0.951. The van der Waals surface area contributed by atoms with E-state index in [1.54, 1.807) is 11.8 Å². The van der Waals surface area contributed by atoms with Gasteiger partial charge in [-0.3, -0.25) is 4.79 Å². The maximum atomic E-state index is 10.3. The molecular formula is C9H19NO3S. The van der Waals surface area contributed by atoms with Crippen molar-refractivity contribution in [3.8, 4) is 0 Å². The Morgan fingerprint density at radius 1 is 1.29 bits per heavy atom. The Bertz CT molecular complexity index is 155. The van der Waals surface area contributed by atoms with E-state index in [9.17, 15) is 4.79 Å². The summed E-state index contributed by atoms with van der Waals surface area (Å²) in [6.07, 6.45) is 4.06. The average Bonchev–Trinajstić information content (AvgIpc) is 2.16. The van der Waals surface area contributed by atoms with Crippen molar-refractivity contribution in [2.45, 2.75) is 31.7 Å². The molecule has 1 atom stereocenters. The first-order valence-corrected chi connectivity index (χ1v) is 6.01. The van der Waals surface area contributed by atoms with Gasteiger partial charge in [-0.2, -0.15) is 11.8 Å². The molecule has 4 nitrogen and oxygen atoms in total. The average molecular weight is 221 g/mol. The van der Waals surface area contributed by atoms with E-state index in [0.717, 1.165) is 31.4 Å². The quantitative estimate of drug-likeness (QED) is 0.499. The minimum absolute atomic E-state index is 0.261. The van der Waals surface area contributed by atoms with Crippen molar-refractivity contribution >= 4 is 17.7 Å². The predicted octanol–water partition coefficient (Wildman–Crippen LogP) is 0.684. The number of rotatable bonds is 9. The third kappa shape index (κ3) is 8.34. The lowest BCUT2D eigenvalue weighted by atomic mass is 10.2. The SMILES string of the molecule is NC(CSCCCCCCO)C(=O)O. The number of carboxylic acid groups (broad SMARTS) is 1. The summed E-state index contributed by atoms with van der Waals surface area (Å²) < 4.78 is 0. The van der Waals surface area contributed by atoms with Gasteiger partial charge in [0.1, 0.15) is 6.04 Å². The van der Waals surface area contributed by atoms with Gasteiger partial charge in [0.05, 0.1) is 0 Å². The standard InChI is InChI=1S/C9H19NO3S/c10-8(9(12)13)7-14-6-4-2-1-3-5-11/h8,11H,1-7,10H2,(H,12,13). The normalized spacial score (nSPS) is 12.7. The van der Waals surface area contributed by atoms with E-state index in [1.165, 1.54) is 0 Å². The molecule has 0 fully saturated rings. The molecule has 0 bridgehead atoms. The number of hydrogen-bond acceptors (Lipinski definition) is 4. The van der Waals surface area contributed by atoms with E-state index in [-0.39, 0.29) is 6.61 Å². The molecule has 0 amide bonds. The van der Waals surface area contributed by atoms with Crippen LogP contribution in [-0.2, 0) is 4.79 Å². The molecule has 84 valence electrons. The Kier molecular flexibility index (Phi) is 9.13. The number of carboxylic acids is 1. The van der Waals surface area contributed by atoms with Crippen molar-refractivity contribution in [1.82, 2.24) is 0 Å². The van der Waals surface area contributed by atoms with Crippen LogP contribution in [0, 0.1) is 0 Å². The molecule has 0 aliphatic heterocycles. The Labute approximate surface area is 88.9 Å². The van der Waals surface area contributed by atoms with Gasteiger partial charge in [0.2, 0.25) is 0 Å². The topological polar surface area (TPSA) is 83.5 Å². The monoisotopic (exact) mass is 221 g/mol. The van der Waals surface area contributed by atoms with E-state index in [0.29, 0.717) is 5.75 Å². The van der Waals surface area contributed by atoms with Crippen LogP contribution in [0.5, 0.6) is 0 Å². The summed E-state index contributed by atoms with van der Waals surface area (Å²) in [6.45, 7) is 0.261. The highest BCUT2D eigenvalue weighted by Gasteiger charge is 2.09. The molecule has 0 aliphatic carbocycles. The summed E-state index contributed by atoms with van der Waals surface area (Å²) in [4.78, 5) is 10.3. The summed E-state index contributed by atoms with van der Waals surface area (Å²) in [7, 11) is 0. The van der Waals surface area contributed by atoms with E-state index >= 15 is 0 Å². The Balaban J connectivity index is 3.09. The van der Waals surface area contributed by atoms with Gasteiger partial charge >= 0.3 is 5.97 Å². The van der Waals surface area contributed by atoms with E-state index in [4.69, 9.17) is 15.9 Å². The number of aliphatic hydroxyl groups is 1. The molecule has 0 rings (SSSR count). The van der Waals surface area contributed by atoms with Gasteiger partial charge in [-0.25, -0.2) is 0 Å². The van der Waals surface area contributed by atoms with Crippen LogP contribution in [0.2, 0.25) is 0 Å². The smallest absolute Gasteiger partial charge is 0.321 e. The summed E-state index contributed by atoms with van der Waals surface area (Å²) in [5.41, 5.74) is 5.33. The minimum Gasteiger partial charge on any atom is -0.480 e. The summed E-state index contributed by atoms with van der Waals surface area (Å²) in [5.74, 6) is 0.500. The predicted molar refractivity (Wildman–Crippen MR) is 58.5 cm³/mol. The van der Waals surface area contributed by atoms with E-state index in [1.807, 2.05) is 0 Å². The highest BCUT2D eigenvalue weighted by Crippen LogP contribution is 2.08. The molecule has 0 heterocycles. The maximum Gasteiger partial charge on any atom is 0.321 e. The van der Waals surface area contributed by atoms with Crippen LogP contribution in [-0.4, -0.2) is 40.3 Å². The second kappa shape index (κ2) is 9.30. The molecular weight excluding hydrogens is 202 g/mol. The van der Waals surface area contributed by atoms with Crippen molar-refractivity contribution < 1.29 is 15.0 Å². The first-order chi connectivity index (χ1) is 6.68. The molecule has 4 N–H and O–H groups in total. The maximum absolute atomic E-state index is 10.3. The van der Waals surface area contributed by atoms with E-state index < -0.39 is 12.0 Å². The Morgan fingerprint density at radius 3 is 2.50 bits per heavy atom. The first-order valence-electron chi connectivity index (χ1n) is 4.85. The lowest BCUT2D eigenvalue weighted by Gasteiger charge is -2.05. The highest BCUT2D eigenvalue weighted by atomic mass is 32.2. The zero-order valence-corrected chi connectivity index (χ0v) is 9.13. The minimum atomic E-state index is -0.933. The van der Waals surface area contributed by atoms with Gasteiger partial charge in [-0.15, -0.1) is 0 Å². The first kappa shape index (κ1) is 13.7. The van der Waals surface area contributed by atoms with Gasteiger partial charge in [-0.1, -0.05) is 12.8 Å². The Morgan fingerprint density at radius 2 is 1.93 bits per heavy atom. The lowest BCUT2D eigenvalue weighted by Crippen LogP contribution is -2.32. The zero-order valence-electron chi connectivity index (χ0n) is 8.32. The molecule has 1 unspecified atom stereocenters. The van der Waals surface area contributed by atoms with Crippen LogP contribution in [0.4, 0.5) is 0 Å². The van der Waals surface area contributed by atoms with Gasteiger partial charge in [0.15, 0.2) is 0 Å². The fourth-order valence-corrected chi connectivity index (χ4v) is 1.92. The number of aliphatic carboxylic acids is 1. The van der Waals surface area contributed by atoms with Crippen molar-refractivity contribution in [2.24, 2.45) is 5.73 Å². The largest absolute Gasteiger partial charge is 0.480 e. The molecule has 0 aromatic rings. The molecule has 0 spiro atoms. The van der Waals surface area contributed by atoms with Crippen LogP contribution >= 0.6 is 11.8 Å². The van der Waals surface area contributed by atoms with Gasteiger partial charge < -0.3 is 15.9 Å². The number of thioether (sulfide) groups is 1.